The number of nitrogens with zero attached hydrogens (tertiary/aromatic N) is 1. The van der Waals surface area contributed by atoms with Crippen LogP contribution in [0.2, 0.25) is 0 Å². The summed E-state index contributed by atoms with van der Waals surface area (Å²) in [6.45, 7) is 5.09. The van der Waals surface area contributed by atoms with Gasteiger partial charge in [-0.15, -0.1) is 0 Å². The number of hydrogen-bond acceptors (Lipinski definition) is 3. The van der Waals surface area contributed by atoms with Crippen molar-refractivity contribution in [3.8, 4) is 0 Å². The van der Waals surface area contributed by atoms with E-state index in [2.05, 4.69) is 5.32 Å². The molecule has 0 radical (unpaired) electrons. The summed E-state index contributed by atoms with van der Waals surface area (Å²) in [6.07, 6.45) is 1.43. The molecule has 0 fully saturated rings. The lowest BCUT2D eigenvalue weighted by atomic mass is 10.1. The number of nitrogens with one attached hydrogen (secondary N) is 1. The Morgan fingerprint density at radius 3 is 2.43 bits per heavy atom. The number of furan rings is 1. The second kappa shape index (κ2) is 6.74. The second-order valence-corrected chi connectivity index (χ2v) is 4.45. The van der Waals surface area contributed by atoms with Crippen molar-refractivity contribution in [2.24, 2.45) is 0 Å². The fraction of sp³-hybridized carbons (Fsp3) is 0.250. The SMILES string of the molecule is CCN(CC)C(=O)c1ccccc1NC(=O)c1ccco1. The summed E-state index contributed by atoms with van der Waals surface area (Å²) < 4.78 is 5.05. The normalized spacial score (nSPS) is 10.2. The van der Waals surface area contributed by atoms with Crippen LogP contribution in [0.1, 0.15) is 34.8 Å². The van der Waals surface area contributed by atoms with E-state index in [0.717, 1.165) is 0 Å². The van der Waals surface area contributed by atoms with Crippen molar-refractivity contribution in [3.05, 3.63) is 54.0 Å². The highest BCUT2D eigenvalue weighted by molar-refractivity contribution is 6.07. The topological polar surface area (TPSA) is 62.6 Å². The van der Waals surface area contributed by atoms with Crippen LogP contribution in [0.5, 0.6) is 0 Å². The minimum absolute atomic E-state index is 0.102. The lowest BCUT2D eigenvalue weighted by Crippen LogP contribution is -2.31. The van der Waals surface area contributed by atoms with Gasteiger partial charge in [-0.25, -0.2) is 0 Å². The number of benzene rings is 1. The molecule has 5 nitrogen and oxygen atoms in total. The lowest BCUT2D eigenvalue weighted by Gasteiger charge is -2.20. The molecule has 0 aliphatic rings. The quantitative estimate of drug-likeness (QED) is 0.919. The van der Waals surface area contributed by atoms with E-state index in [-0.39, 0.29) is 17.6 Å². The van der Waals surface area contributed by atoms with Crippen molar-refractivity contribution in [1.82, 2.24) is 4.90 Å². The smallest absolute Gasteiger partial charge is 0.291 e. The molecule has 0 bridgehead atoms. The maximum absolute atomic E-state index is 12.4. The summed E-state index contributed by atoms with van der Waals surface area (Å²) in [7, 11) is 0. The first-order valence-electron chi connectivity index (χ1n) is 6.90. The third kappa shape index (κ3) is 3.31. The highest BCUT2D eigenvalue weighted by Gasteiger charge is 2.18. The summed E-state index contributed by atoms with van der Waals surface area (Å²) >= 11 is 0. The van der Waals surface area contributed by atoms with Gasteiger partial charge >= 0.3 is 0 Å². The molecule has 0 unspecified atom stereocenters. The van der Waals surface area contributed by atoms with Gasteiger partial charge in [0.05, 0.1) is 17.5 Å². The van der Waals surface area contributed by atoms with E-state index >= 15 is 0 Å². The number of para-hydroxylation sites is 1. The molecule has 2 amide bonds. The fourth-order valence-electron chi connectivity index (χ4n) is 2.05. The average Bonchev–Trinajstić information content (AvgIpc) is 3.03. The first-order valence-corrected chi connectivity index (χ1v) is 6.90. The Bertz CT molecular complexity index is 616. The van der Waals surface area contributed by atoms with E-state index < -0.39 is 0 Å². The van der Waals surface area contributed by atoms with Crippen molar-refractivity contribution in [1.29, 1.82) is 0 Å². The molecule has 0 atom stereocenters. The van der Waals surface area contributed by atoms with Crippen LogP contribution in [0.25, 0.3) is 0 Å². The van der Waals surface area contributed by atoms with Crippen LogP contribution in [0.4, 0.5) is 5.69 Å². The molecule has 2 aromatic rings. The largest absolute Gasteiger partial charge is 0.459 e. The molecular weight excluding hydrogens is 268 g/mol. The summed E-state index contributed by atoms with van der Waals surface area (Å²) in [5.74, 6) is -0.268. The van der Waals surface area contributed by atoms with Crippen molar-refractivity contribution in [3.63, 3.8) is 0 Å². The zero-order chi connectivity index (χ0) is 15.2. The first-order chi connectivity index (χ1) is 10.2. The third-order valence-electron chi connectivity index (χ3n) is 3.20. The van der Waals surface area contributed by atoms with E-state index in [1.807, 2.05) is 13.8 Å². The Kier molecular flexibility index (Phi) is 4.77. The van der Waals surface area contributed by atoms with Crippen LogP contribution in [0, 0.1) is 0 Å². The summed E-state index contributed by atoms with van der Waals surface area (Å²) in [6, 6.07) is 10.2. The molecule has 21 heavy (non-hydrogen) atoms. The molecule has 1 heterocycles. The number of rotatable bonds is 5. The lowest BCUT2D eigenvalue weighted by molar-refractivity contribution is 0.0774. The molecule has 1 aromatic carbocycles. The average molecular weight is 286 g/mol. The minimum atomic E-state index is -0.375. The molecule has 0 aliphatic heterocycles. The second-order valence-electron chi connectivity index (χ2n) is 4.45. The van der Waals surface area contributed by atoms with Gasteiger partial charge in [0.1, 0.15) is 0 Å². The van der Waals surface area contributed by atoms with Crippen LogP contribution in [0.3, 0.4) is 0 Å². The summed E-state index contributed by atoms with van der Waals surface area (Å²) in [4.78, 5) is 26.2. The Morgan fingerprint density at radius 2 is 1.81 bits per heavy atom. The van der Waals surface area contributed by atoms with Gasteiger partial charge in [0, 0.05) is 13.1 Å². The van der Waals surface area contributed by atoms with Crippen molar-refractivity contribution in [2.45, 2.75) is 13.8 Å². The molecule has 2 rings (SSSR count). The maximum Gasteiger partial charge on any atom is 0.291 e. The van der Waals surface area contributed by atoms with Crippen molar-refractivity contribution in [2.75, 3.05) is 18.4 Å². The predicted molar refractivity (Wildman–Crippen MR) is 80.4 cm³/mol. The number of anilines is 1. The van der Waals surface area contributed by atoms with E-state index in [9.17, 15) is 9.59 Å². The predicted octanol–water partition coefficient (Wildman–Crippen LogP) is 3.01. The van der Waals surface area contributed by atoms with Gasteiger partial charge < -0.3 is 14.6 Å². The summed E-state index contributed by atoms with van der Waals surface area (Å²) in [5.41, 5.74) is 0.955. The zero-order valence-electron chi connectivity index (χ0n) is 12.1. The molecule has 1 N–H and O–H groups in total. The molecule has 0 spiro atoms. The van der Waals surface area contributed by atoms with Gasteiger partial charge in [0.25, 0.3) is 11.8 Å². The first kappa shape index (κ1) is 14.8. The highest BCUT2D eigenvalue weighted by Crippen LogP contribution is 2.18. The van der Waals surface area contributed by atoms with Crippen LogP contribution in [0.15, 0.2) is 47.1 Å². The molecule has 0 aliphatic carbocycles. The molecule has 0 saturated carbocycles. The molecule has 0 saturated heterocycles. The van der Waals surface area contributed by atoms with E-state index in [0.29, 0.717) is 24.3 Å². The Hall–Kier alpha value is -2.56. The van der Waals surface area contributed by atoms with Crippen molar-refractivity contribution >= 4 is 17.5 Å². The number of carbonyl (C=O) groups is 2. The number of carbonyl (C=O) groups excluding carboxylic acids is 2. The Labute approximate surface area is 123 Å². The van der Waals surface area contributed by atoms with Crippen LogP contribution >= 0.6 is 0 Å². The van der Waals surface area contributed by atoms with Gasteiger partial charge in [-0.05, 0) is 38.1 Å². The third-order valence-corrected chi connectivity index (χ3v) is 3.20. The molecular formula is C16H18N2O3. The monoisotopic (exact) mass is 286 g/mol. The van der Waals surface area contributed by atoms with Gasteiger partial charge in [-0.1, -0.05) is 12.1 Å². The molecule has 5 heteroatoms. The standard InChI is InChI=1S/C16H18N2O3/c1-3-18(4-2)16(20)12-8-5-6-9-13(12)17-15(19)14-10-7-11-21-14/h5-11H,3-4H2,1-2H3,(H,17,19). The van der Waals surface area contributed by atoms with Gasteiger partial charge in [0.15, 0.2) is 5.76 Å². The maximum atomic E-state index is 12.4. The van der Waals surface area contributed by atoms with E-state index in [1.165, 1.54) is 6.26 Å². The number of amides is 2. The van der Waals surface area contributed by atoms with E-state index in [1.54, 1.807) is 41.3 Å². The van der Waals surface area contributed by atoms with Crippen molar-refractivity contribution < 1.29 is 14.0 Å². The van der Waals surface area contributed by atoms with Gasteiger partial charge in [-0.2, -0.15) is 0 Å². The van der Waals surface area contributed by atoms with Crippen LogP contribution in [-0.4, -0.2) is 29.8 Å². The van der Waals surface area contributed by atoms with Crippen LogP contribution < -0.4 is 5.32 Å². The van der Waals surface area contributed by atoms with Gasteiger partial charge in [-0.3, -0.25) is 9.59 Å². The van der Waals surface area contributed by atoms with Crippen LogP contribution in [-0.2, 0) is 0 Å². The fourth-order valence-corrected chi connectivity index (χ4v) is 2.05. The number of hydrogen-bond donors (Lipinski definition) is 1. The Morgan fingerprint density at radius 1 is 1.10 bits per heavy atom. The van der Waals surface area contributed by atoms with E-state index in [4.69, 9.17) is 4.42 Å². The molecule has 110 valence electrons. The Balaban J connectivity index is 2.25. The summed E-state index contributed by atoms with van der Waals surface area (Å²) in [5, 5.41) is 2.72. The highest BCUT2D eigenvalue weighted by atomic mass is 16.3. The zero-order valence-corrected chi connectivity index (χ0v) is 12.1. The minimum Gasteiger partial charge on any atom is -0.459 e. The van der Waals surface area contributed by atoms with Gasteiger partial charge in [0.2, 0.25) is 0 Å². The molecule has 1 aromatic heterocycles.